The van der Waals surface area contributed by atoms with E-state index in [-0.39, 0.29) is 5.56 Å². The monoisotopic (exact) mass is 220 g/mol. The molecule has 0 fully saturated rings. The highest BCUT2D eigenvalue weighted by molar-refractivity contribution is 5.92. The molecule has 1 aromatic rings. The van der Waals surface area contributed by atoms with Crippen LogP contribution in [0, 0.1) is 0 Å². The van der Waals surface area contributed by atoms with Gasteiger partial charge in [0.25, 0.3) is 0 Å². The summed E-state index contributed by atoms with van der Waals surface area (Å²) in [4.78, 5) is 10.8. The van der Waals surface area contributed by atoms with Crippen LogP contribution in [0.5, 0.6) is 0 Å². The Bertz CT molecular complexity index is 361. The molecule has 0 aliphatic rings. The number of carbonyl (C=O) groups excluding carboxylic acids is 1. The SMILES string of the molecule is CCCCCCc1cccc(C(=O)[O-])c1N. The molecule has 3 heteroatoms. The van der Waals surface area contributed by atoms with Crippen molar-refractivity contribution < 1.29 is 9.90 Å². The Morgan fingerprint density at radius 1 is 1.31 bits per heavy atom. The van der Waals surface area contributed by atoms with Gasteiger partial charge in [0.15, 0.2) is 0 Å². The van der Waals surface area contributed by atoms with E-state index in [0.29, 0.717) is 5.69 Å². The van der Waals surface area contributed by atoms with Crippen molar-refractivity contribution in [3.05, 3.63) is 29.3 Å². The topological polar surface area (TPSA) is 66.1 Å². The summed E-state index contributed by atoms with van der Waals surface area (Å²) in [5.74, 6) is -1.20. The minimum Gasteiger partial charge on any atom is -0.545 e. The molecular formula is C13H18NO2-. The fourth-order valence-corrected chi connectivity index (χ4v) is 1.75. The Morgan fingerprint density at radius 3 is 2.69 bits per heavy atom. The zero-order valence-electron chi connectivity index (χ0n) is 9.66. The van der Waals surface area contributed by atoms with Crippen LogP contribution < -0.4 is 10.8 Å². The molecule has 88 valence electrons. The van der Waals surface area contributed by atoms with Crippen LogP contribution in [0.1, 0.15) is 48.5 Å². The van der Waals surface area contributed by atoms with Gasteiger partial charge in [0, 0.05) is 11.3 Å². The average Bonchev–Trinajstić information content (AvgIpc) is 2.26. The largest absolute Gasteiger partial charge is 0.545 e. The highest BCUT2D eigenvalue weighted by atomic mass is 16.4. The third-order valence-corrected chi connectivity index (χ3v) is 2.72. The number of carbonyl (C=O) groups is 1. The molecule has 0 aliphatic carbocycles. The predicted molar refractivity (Wildman–Crippen MR) is 63.0 cm³/mol. The van der Waals surface area contributed by atoms with Crippen LogP contribution in [0.4, 0.5) is 5.69 Å². The molecule has 0 heterocycles. The van der Waals surface area contributed by atoms with Crippen LogP contribution in [-0.4, -0.2) is 5.97 Å². The lowest BCUT2D eigenvalue weighted by Crippen LogP contribution is -2.23. The zero-order valence-corrected chi connectivity index (χ0v) is 9.66. The van der Waals surface area contributed by atoms with Crippen molar-refractivity contribution in [3.63, 3.8) is 0 Å². The van der Waals surface area contributed by atoms with E-state index < -0.39 is 5.97 Å². The Hall–Kier alpha value is -1.51. The number of carboxylic acid groups (broad SMARTS) is 1. The second-order valence-corrected chi connectivity index (χ2v) is 3.98. The standard InChI is InChI=1S/C13H19NO2/c1-2-3-4-5-7-10-8-6-9-11(12(10)14)13(15)16/h6,8-9H,2-5,7,14H2,1H3,(H,15,16)/p-1. The van der Waals surface area contributed by atoms with Gasteiger partial charge < -0.3 is 15.6 Å². The van der Waals surface area contributed by atoms with Crippen molar-refractivity contribution in [1.82, 2.24) is 0 Å². The molecule has 0 aliphatic heterocycles. The van der Waals surface area contributed by atoms with Crippen molar-refractivity contribution in [2.24, 2.45) is 0 Å². The number of anilines is 1. The zero-order chi connectivity index (χ0) is 12.0. The van der Waals surface area contributed by atoms with E-state index in [1.165, 1.54) is 18.9 Å². The first-order chi connectivity index (χ1) is 7.66. The molecule has 0 atom stereocenters. The molecule has 0 radical (unpaired) electrons. The molecule has 1 rings (SSSR count). The lowest BCUT2D eigenvalue weighted by molar-refractivity contribution is -0.254. The Kier molecular flexibility index (Phi) is 4.83. The number of carboxylic acids is 1. The molecule has 0 amide bonds. The van der Waals surface area contributed by atoms with Crippen LogP contribution in [0.25, 0.3) is 0 Å². The van der Waals surface area contributed by atoms with E-state index in [0.717, 1.165) is 24.8 Å². The Morgan fingerprint density at radius 2 is 2.06 bits per heavy atom. The van der Waals surface area contributed by atoms with Gasteiger partial charge in [-0.05, 0) is 18.4 Å². The Balaban J connectivity index is 2.66. The van der Waals surface area contributed by atoms with Crippen LogP contribution >= 0.6 is 0 Å². The average molecular weight is 220 g/mol. The number of benzene rings is 1. The number of aryl methyl sites for hydroxylation is 1. The number of unbranched alkanes of at least 4 members (excludes halogenated alkanes) is 3. The molecule has 0 unspecified atom stereocenters. The first-order valence-corrected chi connectivity index (χ1v) is 5.75. The molecule has 1 aromatic carbocycles. The smallest absolute Gasteiger partial charge is 0.0736 e. The highest BCUT2D eigenvalue weighted by Crippen LogP contribution is 2.19. The maximum atomic E-state index is 10.8. The number of hydrogen-bond donors (Lipinski definition) is 1. The van der Waals surface area contributed by atoms with Crippen LogP contribution in [0.15, 0.2) is 18.2 Å². The first kappa shape index (κ1) is 12.6. The molecule has 0 bridgehead atoms. The molecule has 0 aromatic heterocycles. The van der Waals surface area contributed by atoms with E-state index in [2.05, 4.69) is 6.92 Å². The van der Waals surface area contributed by atoms with E-state index in [1.807, 2.05) is 6.07 Å². The van der Waals surface area contributed by atoms with Gasteiger partial charge >= 0.3 is 0 Å². The normalized spacial score (nSPS) is 10.3. The number of aromatic carboxylic acids is 1. The molecule has 0 spiro atoms. The summed E-state index contributed by atoms with van der Waals surface area (Å²) in [6.07, 6.45) is 5.45. The van der Waals surface area contributed by atoms with Crippen molar-refractivity contribution in [1.29, 1.82) is 0 Å². The van der Waals surface area contributed by atoms with Crippen molar-refractivity contribution in [3.8, 4) is 0 Å². The summed E-state index contributed by atoms with van der Waals surface area (Å²) < 4.78 is 0. The maximum absolute atomic E-state index is 10.8. The van der Waals surface area contributed by atoms with E-state index in [1.54, 1.807) is 6.07 Å². The van der Waals surface area contributed by atoms with E-state index in [4.69, 9.17) is 5.73 Å². The van der Waals surface area contributed by atoms with E-state index >= 15 is 0 Å². The highest BCUT2D eigenvalue weighted by Gasteiger charge is 2.05. The molecule has 3 nitrogen and oxygen atoms in total. The van der Waals surface area contributed by atoms with Crippen LogP contribution in [0.3, 0.4) is 0 Å². The third-order valence-electron chi connectivity index (χ3n) is 2.72. The van der Waals surface area contributed by atoms with Crippen LogP contribution in [-0.2, 0) is 6.42 Å². The summed E-state index contributed by atoms with van der Waals surface area (Å²) in [7, 11) is 0. The van der Waals surface area contributed by atoms with Crippen molar-refractivity contribution in [2.45, 2.75) is 39.0 Å². The first-order valence-electron chi connectivity index (χ1n) is 5.75. The summed E-state index contributed by atoms with van der Waals surface area (Å²) in [5.41, 5.74) is 7.16. The number of rotatable bonds is 6. The fourth-order valence-electron chi connectivity index (χ4n) is 1.75. The van der Waals surface area contributed by atoms with E-state index in [9.17, 15) is 9.90 Å². The summed E-state index contributed by atoms with van der Waals surface area (Å²) in [6.45, 7) is 2.16. The summed E-state index contributed by atoms with van der Waals surface area (Å²) >= 11 is 0. The summed E-state index contributed by atoms with van der Waals surface area (Å²) in [5, 5.41) is 10.8. The minimum atomic E-state index is -1.20. The molecule has 16 heavy (non-hydrogen) atoms. The van der Waals surface area contributed by atoms with Gasteiger partial charge in [0.2, 0.25) is 0 Å². The van der Waals surface area contributed by atoms with Gasteiger partial charge in [0.05, 0.1) is 5.97 Å². The maximum Gasteiger partial charge on any atom is 0.0736 e. The van der Waals surface area contributed by atoms with Gasteiger partial charge in [0.1, 0.15) is 0 Å². The van der Waals surface area contributed by atoms with Gasteiger partial charge in [-0.25, -0.2) is 0 Å². The van der Waals surface area contributed by atoms with Gasteiger partial charge in [-0.2, -0.15) is 0 Å². The molecular weight excluding hydrogens is 202 g/mol. The number of nitrogen functional groups attached to an aromatic ring is 1. The van der Waals surface area contributed by atoms with Crippen LogP contribution in [0.2, 0.25) is 0 Å². The number of nitrogens with two attached hydrogens (primary N) is 1. The second kappa shape index (κ2) is 6.16. The number of para-hydroxylation sites is 1. The lowest BCUT2D eigenvalue weighted by Gasteiger charge is -2.11. The second-order valence-electron chi connectivity index (χ2n) is 3.98. The quantitative estimate of drug-likeness (QED) is 0.586. The van der Waals surface area contributed by atoms with Crippen molar-refractivity contribution >= 4 is 11.7 Å². The van der Waals surface area contributed by atoms with Gasteiger partial charge in [-0.3, -0.25) is 0 Å². The molecule has 2 N–H and O–H groups in total. The molecule has 0 saturated heterocycles. The van der Waals surface area contributed by atoms with Gasteiger partial charge in [-0.1, -0.05) is 44.4 Å². The molecule has 0 saturated carbocycles. The van der Waals surface area contributed by atoms with Crippen molar-refractivity contribution in [2.75, 3.05) is 5.73 Å². The number of hydrogen-bond acceptors (Lipinski definition) is 3. The Labute approximate surface area is 96.3 Å². The van der Waals surface area contributed by atoms with Gasteiger partial charge in [-0.15, -0.1) is 0 Å². The third kappa shape index (κ3) is 3.26. The minimum absolute atomic E-state index is 0.105. The summed E-state index contributed by atoms with van der Waals surface area (Å²) in [6, 6.07) is 5.09. The predicted octanol–water partition coefficient (Wildman–Crippen LogP) is 1.76. The lowest BCUT2D eigenvalue weighted by atomic mass is 10.0. The fraction of sp³-hybridized carbons (Fsp3) is 0.462.